The minimum Gasteiger partial charge on any atom is -1.00 e. The Balaban J connectivity index is -0.000000249. The van der Waals surface area contributed by atoms with Crippen molar-refractivity contribution in [2.45, 2.75) is 63.2 Å². The number of quaternary nitrogens is 3. The van der Waals surface area contributed by atoms with E-state index < -0.39 is 0 Å². The maximum atomic E-state index is 13.0. The summed E-state index contributed by atoms with van der Waals surface area (Å²) in [5.41, 5.74) is 5.58. The molecule has 0 amide bonds. The number of aromatic amines is 2. The SMILES string of the molecule is CN(C)CCCCl.C[N+](C)(C)CCCCl.C[N+](C)(C)CCCCl.C[N+](C)(C)CCCN1CCC(c2csc(C(=O)c3c[nH]c4ccccc34)n2)CC1.Cl.Cl.O=C(c1nc(C2CCNCC2)cs1)c1c[nH]c2ccccc12.O=CO[O-].[Cl-].[H-].[I-].[I-].[Na+].[Na+]. The van der Waals surface area contributed by atoms with Crippen LogP contribution in [-0.4, -0.2) is 215 Å². The van der Waals surface area contributed by atoms with Crippen molar-refractivity contribution in [3.63, 3.8) is 0 Å². The van der Waals surface area contributed by atoms with Gasteiger partial charge in [-0.1, -0.05) is 36.4 Å². The van der Waals surface area contributed by atoms with Crippen LogP contribution in [0.2, 0.25) is 0 Å². The summed E-state index contributed by atoms with van der Waals surface area (Å²) in [5.74, 6) is 3.36. The number of aromatic nitrogens is 4. The molecule has 15 nitrogen and oxygen atoms in total. The van der Waals surface area contributed by atoms with Gasteiger partial charge in [0.25, 0.3) is 6.47 Å². The number of alkyl halides is 3. The fourth-order valence-corrected chi connectivity index (χ4v) is 10.8. The molecule has 2 aliphatic rings. The molecular formula is C58H94Cl6I2N10Na2O5S2. The van der Waals surface area contributed by atoms with Crippen LogP contribution in [-0.2, 0) is 9.68 Å². The standard InChI is InChI=1S/C23H30N4OS.C17H17N3OS.2C6H15ClN.C5H12ClN.CH2O3.3ClH.2HI.2Na.H/c1-27(2,3)14-6-11-26-12-9-17(10-13-26)21-16-29-23(25-21)22(28)19-15-24-20-8-5-4-7-18(19)20;21-16(13-9-19-14-4-2-1-3-12(13)14)17-20-15(10-22-17)11-5-7-18-8-6-11;2*1-8(2,3)6-4-5-7;1-7(2)5-3-4-6;2-1-4-3;;;;;;;;/h4-5,7-8,15-17H,6,9-14H2,1-3H3;1-4,9-11,18-19H,5-8H2;2*4-6H2,1-3H3;3-5H2,1-2H3;1,3H;5*1H;;;/q;;2*+1;;;;;;;;2*+1;-1/p-3. The monoisotopic (exact) mass is 1580 g/mol. The first kappa shape index (κ1) is 94.2. The van der Waals surface area contributed by atoms with Gasteiger partial charge in [0.1, 0.15) is 0 Å². The fraction of sp³-hybridized carbons (Fsp3) is 0.569. The van der Waals surface area contributed by atoms with E-state index in [1.165, 1.54) is 55.3 Å². The van der Waals surface area contributed by atoms with E-state index in [2.05, 4.69) is 109 Å². The van der Waals surface area contributed by atoms with Gasteiger partial charge in [-0.25, -0.2) is 9.97 Å². The zero-order chi connectivity index (χ0) is 57.7. The molecule has 0 radical (unpaired) electrons. The fourth-order valence-electron chi connectivity index (χ4n) is 8.69. The second-order valence-corrected chi connectivity index (χ2v) is 25.8. The normalized spacial score (nSPS) is 13.2. The molecule has 0 aliphatic carbocycles. The number of halogens is 8. The molecule has 6 aromatic rings. The minimum absolute atomic E-state index is 0. The van der Waals surface area contributed by atoms with Crippen LogP contribution in [0, 0.1) is 0 Å². The molecule has 0 unspecified atom stereocenters. The van der Waals surface area contributed by atoms with E-state index in [9.17, 15) is 9.59 Å². The summed E-state index contributed by atoms with van der Waals surface area (Å²) in [6.45, 7) is 9.99. The van der Waals surface area contributed by atoms with Crippen molar-refractivity contribution < 1.29 is 159 Å². The van der Waals surface area contributed by atoms with Gasteiger partial charge in [-0.15, -0.1) is 82.3 Å². The van der Waals surface area contributed by atoms with Crippen LogP contribution in [0.4, 0.5) is 0 Å². The number of rotatable bonds is 20. The van der Waals surface area contributed by atoms with E-state index in [0.717, 1.165) is 142 Å². The Kier molecular flexibility index (Phi) is 56.5. The van der Waals surface area contributed by atoms with Crippen molar-refractivity contribution in [2.24, 2.45) is 0 Å². The molecule has 27 heteroatoms. The molecular weight excluding hydrogens is 1490 g/mol. The van der Waals surface area contributed by atoms with Crippen LogP contribution in [0.1, 0.15) is 107 Å². The third-order valence-corrected chi connectivity index (χ3v) is 15.4. The summed E-state index contributed by atoms with van der Waals surface area (Å²) in [5, 5.41) is 19.1. The van der Waals surface area contributed by atoms with Crippen LogP contribution in [0.25, 0.3) is 21.8 Å². The number of nitrogens with zero attached hydrogens (tertiary/aromatic N) is 7. The average Bonchev–Trinajstić information content (AvgIpc) is 4.27. The second-order valence-electron chi connectivity index (χ2n) is 23.0. The number of H-pyrrole nitrogens is 2. The number of fused-ring (bicyclic) bond motifs is 2. The van der Waals surface area contributed by atoms with Gasteiger partial charge < -0.3 is 110 Å². The summed E-state index contributed by atoms with van der Waals surface area (Å²) >= 11 is 19.4. The van der Waals surface area contributed by atoms with E-state index >= 15 is 0 Å². The molecule has 0 spiro atoms. The van der Waals surface area contributed by atoms with E-state index in [0.29, 0.717) is 33.0 Å². The smallest absolute Gasteiger partial charge is 1.00 e. The largest absolute Gasteiger partial charge is 1.00 e. The van der Waals surface area contributed by atoms with Gasteiger partial charge in [0.2, 0.25) is 11.6 Å². The Morgan fingerprint density at radius 2 is 1.04 bits per heavy atom. The van der Waals surface area contributed by atoms with E-state index in [-0.39, 0.29) is 164 Å². The van der Waals surface area contributed by atoms with Crippen LogP contribution >= 0.6 is 82.3 Å². The number of hydrogen-bond acceptors (Lipinski definition) is 12. The van der Waals surface area contributed by atoms with Gasteiger partial charge in [-0.2, -0.15) is 0 Å². The molecule has 2 aliphatic heterocycles. The molecule has 8 rings (SSSR count). The Morgan fingerprint density at radius 3 is 1.36 bits per heavy atom. The Morgan fingerprint density at radius 1 is 0.671 bits per heavy atom. The first-order valence-corrected chi connectivity index (χ1v) is 30.4. The quantitative estimate of drug-likeness (QED) is 0.01000. The average molecular weight is 1590 g/mol. The number of carbonyl (C=O) groups excluding carboxylic acids is 3. The van der Waals surface area contributed by atoms with Crippen molar-refractivity contribution in [1.29, 1.82) is 0 Å². The topological polar surface area (TPSA) is 159 Å². The predicted molar refractivity (Wildman–Crippen MR) is 342 cm³/mol. The van der Waals surface area contributed by atoms with Crippen molar-refractivity contribution in [1.82, 2.24) is 35.1 Å². The molecule has 0 saturated carbocycles. The number of para-hydroxylation sites is 2. The number of carbonyl (C=O) groups is 3. The van der Waals surface area contributed by atoms with Crippen molar-refractivity contribution in [3.05, 3.63) is 104 Å². The summed E-state index contributed by atoms with van der Waals surface area (Å²) in [6, 6.07) is 15.8. The summed E-state index contributed by atoms with van der Waals surface area (Å²) in [6.07, 6.45) is 12.6. The van der Waals surface area contributed by atoms with E-state index in [1.807, 2.05) is 68.8 Å². The van der Waals surface area contributed by atoms with Crippen molar-refractivity contribution in [2.75, 3.05) is 154 Å². The van der Waals surface area contributed by atoms with Gasteiger partial charge in [-0.05, 0) is 91.1 Å². The first-order chi connectivity index (χ1) is 37.0. The van der Waals surface area contributed by atoms with E-state index in [1.54, 1.807) is 6.20 Å². The maximum Gasteiger partial charge on any atom is 1.00 e. The molecule has 3 N–H and O–H groups in total. The first-order valence-electron chi connectivity index (χ1n) is 27.1. The van der Waals surface area contributed by atoms with Crippen LogP contribution in [0.3, 0.4) is 0 Å². The number of nitrogens with one attached hydrogen (secondary N) is 3. The van der Waals surface area contributed by atoms with Crippen LogP contribution < -0.4 is 130 Å². The zero-order valence-electron chi connectivity index (χ0n) is 53.4. The molecule has 2 aromatic carbocycles. The van der Waals surface area contributed by atoms with Gasteiger partial charge >= 0.3 is 59.1 Å². The van der Waals surface area contributed by atoms with Gasteiger partial charge in [0.15, 0.2) is 10.0 Å². The number of thiazole rings is 2. The maximum absolute atomic E-state index is 13.0. The third kappa shape index (κ3) is 38.3. The summed E-state index contributed by atoms with van der Waals surface area (Å²) in [7, 11) is 23.9. The predicted octanol–water partition coefficient (Wildman–Crippen LogP) is -4.32. The number of piperidine rings is 2. The van der Waals surface area contributed by atoms with Gasteiger partial charge in [0, 0.05) is 100 Å². The second kappa shape index (κ2) is 51.0. The number of benzene rings is 2. The molecule has 4 aromatic heterocycles. The number of hydrogen-bond donors (Lipinski definition) is 3. The molecule has 2 saturated heterocycles. The molecule has 85 heavy (non-hydrogen) atoms. The minimum atomic E-state index is -0.181. The van der Waals surface area contributed by atoms with Gasteiger partial charge in [-0.3, -0.25) is 14.4 Å². The number of likely N-dealkylation sites (tertiary alicyclic amines) is 1. The van der Waals surface area contributed by atoms with Gasteiger partial charge in [0.05, 0.1) is 106 Å². The van der Waals surface area contributed by atoms with Crippen LogP contribution in [0.5, 0.6) is 0 Å². The third-order valence-electron chi connectivity index (χ3n) is 12.9. The summed E-state index contributed by atoms with van der Waals surface area (Å²) < 4.78 is 3.07. The van der Waals surface area contributed by atoms with Crippen LogP contribution in [0.15, 0.2) is 71.7 Å². The van der Waals surface area contributed by atoms with Crippen molar-refractivity contribution >= 4 is 122 Å². The molecule has 0 bridgehead atoms. The molecule has 0 atom stereocenters. The summed E-state index contributed by atoms with van der Waals surface area (Å²) in [4.78, 5) is 57.4. The zero-order valence-corrected chi connectivity index (χ0v) is 67.0. The Labute approximate surface area is 630 Å². The number of ketones is 2. The Hall–Kier alpha value is 0.510. The Bertz CT molecular complexity index is 2630. The molecule has 2 fully saturated rings. The van der Waals surface area contributed by atoms with Crippen molar-refractivity contribution in [3.8, 4) is 0 Å². The van der Waals surface area contributed by atoms with E-state index in [4.69, 9.17) is 49.8 Å². The molecule has 476 valence electrons. The molecule has 6 heterocycles.